The molecule has 1 aromatic carbocycles. The van der Waals surface area contributed by atoms with Gasteiger partial charge in [0.2, 0.25) is 5.89 Å². The minimum atomic E-state index is -0.373. The number of nitrogens with zero attached hydrogens (tertiary/aromatic N) is 4. The van der Waals surface area contributed by atoms with Crippen molar-refractivity contribution in [1.29, 1.82) is 5.26 Å². The van der Waals surface area contributed by atoms with Crippen molar-refractivity contribution in [3.8, 4) is 17.5 Å². The maximum Gasteiger partial charge on any atom is 0.250 e. The van der Waals surface area contributed by atoms with E-state index in [2.05, 4.69) is 22.0 Å². The van der Waals surface area contributed by atoms with E-state index in [0.717, 1.165) is 19.6 Å². The normalized spacial score (nSPS) is 16.5. The number of likely N-dealkylation sites (tertiary alicyclic amines) is 1. The number of ether oxygens (including phenoxy) is 1. The standard InChI is InChI=1S/C17H19FN4O2/c1-17(11-22(12-17)8-10-23-9-4-7-19)16-21-20-15(24-16)13-5-2-3-6-14(13)18/h2-3,5-6H,4,8-12H2,1H3. The fourth-order valence-corrected chi connectivity index (χ4v) is 2.86. The zero-order chi connectivity index (χ0) is 17.0. The summed E-state index contributed by atoms with van der Waals surface area (Å²) in [6.45, 7) is 5.49. The highest BCUT2D eigenvalue weighted by molar-refractivity contribution is 5.53. The van der Waals surface area contributed by atoms with Crippen LogP contribution >= 0.6 is 0 Å². The Bertz CT molecular complexity index is 734. The molecule has 1 aromatic heterocycles. The molecule has 0 N–H and O–H groups in total. The van der Waals surface area contributed by atoms with Crippen LogP contribution in [0.4, 0.5) is 4.39 Å². The third-order valence-electron chi connectivity index (χ3n) is 4.10. The van der Waals surface area contributed by atoms with E-state index < -0.39 is 0 Å². The second-order valence-electron chi connectivity index (χ2n) is 6.18. The Morgan fingerprint density at radius 2 is 2.12 bits per heavy atom. The lowest BCUT2D eigenvalue weighted by Gasteiger charge is -2.45. The second-order valence-corrected chi connectivity index (χ2v) is 6.18. The zero-order valence-corrected chi connectivity index (χ0v) is 13.5. The van der Waals surface area contributed by atoms with Gasteiger partial charge in [-0.3, -0.25) is 4.90 Å². The maximum atomic E-state index is 13.8. The fourth-order valence-electron chi connectivity index (χ4n) is 2.86. The number of rotatable bonds is 7. The molecule has 126 valence electrons. The van der Waals surface area contributed by atoms with E-state index in [9.17, 15) is 4.39 Å². The maximum absolute atomic E-state index is 13.8. The molecular weight excluding hydrogens is 311 g/mol. The quantitative estimate of drug-likeness (QED) is 0.726. The molecule has 1 fully saturated rings. The van der Waals surface area contributed by atoms with E-state index in [1.807, 2.05) is 6.07 Å². The highest BCUT2D eigenvalue weighted by atomic mass is 19.1. The van der Waals surface area contributed by atoms with Crippen LogP contribution in [0.1, 0.15) is 19.2 Å². The first-order valence-electron chi connectivity index (χ1n) is 7.88. The average molecular weight is 330 g/mol. The van der Waals surface area contributed by atoms with Gasteiger partial charge in [-0.05, 0) is 19.1 Å². The van der Waals surface area contributed by atoms with Crippen molar-refractivity contribution in [2.75, 3.05) is 32.8 Å². The van der Waals surface area contributed by atoms with Crippen LogP contribution in [0.3, 0.4) is 0 Å². The molecule has 0 amide bonds. The summed E-state index contributed by atoms with van der Waals surface area (Å²) in [6, 6.07) is 8.41. The minimum absolute atomic E-state index is 0.211. The number of aromatic nitrogens is 2. The number of hydrogen-bond acceptors (Lipinski definition) is 6. The lowest BCUT2D eigenvalue weighted by Crippen LogP contribution is -2.58. The van der Waals surface area contributed by atoms with Gasteiger partial charge in [-0.25, -0.2) is 4.39 Å². The minimum Gasteiger partial charge on any atom is -0.420 e. The Balaban J connectivity index is 1.55. The van der Waals surface area contributed by atoms with E-state index in [-0.39, 0.29) is 17.1 Å². The number of benzene rings is 1. The van der Waals surface area contributed by atoms with Crippen LogP contribution in [-0.4, -0.2) is 47.9 Å². The van der Waals surface area contributed by atoms with Crippen molar-refractivity contribution in [3.05, 3.63) is 36.0 Å². The van der Waals surface area contributed by atoms with Gasteiger partial charge >= 0.3 is 0 Å². The van der Waals surface area contributed by atoms with Gasteiger partial charge in [0.1, 0.15) is 5.82 Å². The first kappa shape index (κ1) is 16.6. The topological polar surface area (TPSA) is 75.2 Å². The number of nitriles is 1. The third kappa shape index (κ3) is 3.45. The molecule has 0 aliphatic carbocycles. The van der Waals surface area contributed by atoms with Crippen LogP contribution in [0.25, 0.3) is 11.5 Å². The molecule has 6 nitrogen and oxygen atoms in total. The highest BCUT2D eigenvalue weighted by Crippen LogP contribution is 2.34. The summed E-state index contributed by atoms with van der Waals surface area (Å²) >= 11 is 0. The van der Waals surface area contributed by atoms with Crippen molar-refractivity contribution in [2.24, 2.45) is 0 Å². The van der Waals surface area contributed by atoms with Crippen molar-refractivity contribution in [1.82, 2.24) is 15.1 Å². The molecule has 0 spiro atoms. The lowest BCUT2D eigenvalue weighted by atomic mass is 9.82. The molecule has 1 aliphatic heterocycles. The fraction of sp³-hybridized carbons (Fsp3) is 0.471. The van der Waals surface area contributed by atoms with Crippen molar-refractivity contribution in [2.45, 2.75) is 18.8 Å². The average Bonchev–Trinajstić information content (AvgIpc) is 3.03. The molecule has 3 rings (SSSR count). The summed E-state index contributed by atoms with van der Waals surface area (Å²) in [5.41, 5.74) is 0.102. The Morgan fingerprint density at radius 3 is 2.88 bits per heavy atom. The summed E-state index contributed by atoms with van der Waals surface area (Å²) in [4.78, 5) is 2.22. The summed E-state index contributed by atoms with van der Waals surface area (Å²) < 4.78 is 24.9. The summed E-state index contributed by atoms with van der Waals surface area (Å²) in [5.74, 6) is 0.368. The summed E-state index contributed by atoms with van der Waals surface area (Å²) in [7, 11) is 0. The molecule has 0 unspecified atom stereocenters. The van der Waals surface area contributed by atoms with Crippen LogP contribution in [-0.2, 0) is 10.2 Å². The van der Waals surface area contributed by atoms with Crippen LogP contribution < -0.4 is 0 Å². The van der Waals surface area contributed by atoms with Gasteiger partial charge in [-0.15, -0.1) is 10.2 Å². The van der Waals surface area contributed by atoms with Gasteiger partial charge in [0.25, 0.3) is 5.89 Å². The van der Waals surface area contributed by atoms with Crippen LogP contribution in [0.15, 0.2) is 28.7 Å². The molecule has 24 heavy (non-hydrogen) atoms. The predicted octanol–water partition coefficient (Wildman–Crippen LogP) is 2.38. The summed E-state index contributed by atoms with van der Waals surface area (Å²) in [5, 5.41) is 16.5. The van der Waals surface area contributed by atoms with Gasteiger partial charge < -0.3 is 9.15 Å². The molecule has 1 aliphatic rings. The largest absolute Gasteiger partial charge is 0.420 e. The zero-order valence-electron chi connectivity index (χ0n) is 13.5. The Morgan fingerprint density at radius 1 is 1.33 bits per heavy atom. The first-order chi connectivity index (χ1) is 11.6. The van der Waals surface area contributed by atoms with Crippen LogP contribution in [0, 0.1) is 17.1 Å². The molecule has 0 atom stereocenters. The molecular formula is C17H19FN4O2. The van der Waals surface area contributed by atoms with E-state index >= 15 is 0 Å². The lowest BCUT2D eigenvalue weighted by molar-refractivity contribution is 0.0253. The van der Waals surface area contributed by atoms with Crippen LogP contribution in [0.2, 0.25) is 0 Å². The Hall–Kier alpha value is -2.30. The molecule has 2 heterocycles. The SMILES string of the molecule is CC1(c2nnc(-c3ccccc3F)o2)CN(CCOCCC#N)C1. The Kier molecular flexibility index (Phi) is 4.88. The van der Waals surface area contributed by atoms with Gasteiger partial charge in [0, 0.05) is 19.6 Å². The second kappa shape index (κ2) is 7.07. The number of hydrogen-bond donors (Lipinski definition) is 0. The molecule has 2 aromatic rings. The smallest absolute Gasteiger partial charge is 0.250 e. The molecule has 7 heteroatoms. The monoisotopic (exact) mass is 330 g/mol. The predicted molar refractivity (Wildman–Crippen MR) is 84.5 cm³/mol. The van der Waals surface area contributed by atoms with Gasteiger partial charge in [0.05, 0.1) is 36.7 Å². The molecule has 1 saturated heterocycles. The van der Waals surface area contributed by atoms with Gasteiger partial charge in [0.15, 0.2) is 0 Å². The van der Waals surface area contributed by atoms with Gasteiger partial charge in [-0.1, -0.05) is 12.1 Å². The van der Waals surface area contributed by atoms with E-state index in [1.165, 1.54) is 6.07 Å². The first-order valence-corrected chi connectivity index (χ1v) is 7.88. The van der Waals surface area contributed by atoms with Crippen molar-refractivity contribution < 1.29 is 13.5 Å². The highest BCUT2D eigenvalue weighted by Gasteiger charge is 2.44. The summed E-state index contributed by atoms with van der Waals surface area (Å²) in [6.07, 6.45) is 0.415. The molecule has 0 radical (unpaired) electrons. The van der Waals surface area contributed by atoms with E-state index in [1.54, 1.807) is 18.2 Å². The van der Waals surface area contributed by atoms with Gasteiger partial charge in [-0.2, -0.15) is 5.26 Å². The van der Waals surface area contributed by atoms with Crippen molar-refractivity contribution in [3.63, 3.8) is 0 Å². The third-order valence-corrected chi connectivity index (χ3v) is 4.10. The molecule has 0 saturated carbocycles. The van der Waals surface area contributed by atoms with E-state index in [4.69, 9.17) is 14.4 Å². The molecule has 0 bridgehead atoms. The van der Waals surface area contributed by atoms with Crippen molar-refractivity contribution >= 4 is 0 Å². The van der Waals surface area contributed by atoms with E-state index in [0.29, 0.717) is 31.1 Å². The number of halogens is 1. The Labute approximate surface area is 139 Å². The van der Waals surface area contributed by atoms with Crippen LogP contribution in [0.5, 0.6) is 0 Å².